The van der Waals surface area contributed by atoms with Crippen LogP contribution in [0.5, 0.6) is 0 Å². The van der Waals surface area contributed by atoms with E-state index in [4.69, 9.17) is 16.3 Å². The number of anilines is 3. The lowest BCUT2D eigenvalue weighted by atomic mass is 10.1. The second kappa shape index (κ2) is 7.67. The molecule has 7 nitrogen and oxygen atoms in total. The summed E-state index contributed by atoms with van der Waals surface area (Å²) in [5.74, 6) is -1.44. The van der Waals surface area contributed by atoms with Crippen LogP contribution in [0.3, 0.4) is 0 Å². The Morgan fingerprint density at radius 2 is 2.00 bits per heavy atom. The van der Waals surface area contributed by atoms with Gasteiger partial charge < -0.3 is 15.4 Å². The number of aryl methyl sites for hydroxylation is 1. The van der Waals surface area contributed by atoms with Gasteiger partial charge in [0.25, 0.3) is 5.91 Å². The van der Waals surface area contributed by atoms with E-state index in [1.54, 1.807) is 49.4 Å². The maximum Gasteiger partial charge on any atom is 0.339 e. The van der Waals surface area contributed by atoms with Gasteiger partial charge in [0.05, 0.1) is 18.0 Å². The minimum Gasteiger partial charge on any atom is -0.464 e. The Morgan fingerprint density at radius 1 is 1.26 bits per heavy atom. The van der Waals surface area contributed by atoms with Crippen LogP contribution in [0, 0.1) is 6.92 Å². The molecular weight excluding hydrogens is 370 g/mol. The van der Waals surface area contributed by atoms with E-state index in [-0.39, 0.29) is 6.61 Å². The number of nitrogens with one attached hydrogen (secondary N) is 2. The molecule has 0 saturated heterocycles. The number of hydrogen-bond acceptors (Lipinski definition) is 4. The van der Waals surface area contributed by atoms with Crippen molar-refractivity contribution in [2.75, 3.05) is 22.1 Å². The SMILES string of the molecule is CCOC(=O)[C@@H]1C(=O)Nc2ccccc2N1C(=O)Nc1ccc(C)c(Cl)c1. The number of fused-ring (bicyclic) bond motifs is 1. The number of carbonyl (C=O) groups is 3. The molecule has 2 aromatic rings. The molecule has 0 spiro atoms. The maximum atomic E-state index is 13.0. The first kappa shape index (κ1) is 18.7. The van der Waals surface area contributed by atoms with E-state index < -0.39 is 23.9 Å². The molecule has 1 aliphatic heterocycles. The molecule has 8 heteroatoms. The number of rotatable bonds is 3. The third-order valence-corrected chi connectivity index (χ3v) is 4.49. The van der Waals surface area contributed by atoms with E-state index in [2.05, 4.69) is 10.6 Å². The lowest BCUT2D eigenvalue weighted by molar-refractivity contribution is -0.147. The first-order chi connectivity index (χ1) is 12.9. The predicted octanol–water partition coefficient (Wildman–Crippen LogP) is 3.57. The van der Waals surface area contributed by atoms with E-state index >= 15 is 0 Å². The number of carbonyl (C=O) groups excluding carboxylic acids is 3. The summed E-state index contributed by atoms with van der Waals surface area (Å²) in [5.41, 5.74) is 2.13. The van der Waals surface area contributed by atoms with E-state index in [0.29, 0.717) is 22.1 Å². The fourth-order valence-corrected chi connectivity index (χ4v) is 2.94. The molecule has 27 heavy (non-hydrogen) atoms. The lowest BCUT2D eigenvalue weighted by Gasteiger charge is -2.34. The highest BCUT2D eigenvalue weighted by Crippen LogP contribution is 2.33. The number of amides is 3. The first-order valence-corrected chi connectivity index (χ1v) is 8.73. The van der Waals surface area contributed by atoms with Crippen molar-refractivity contribution in [3.63, 3.8) is 0 Å². The van der Waals surface area contributed by atoms with Gasteiger partial charge in [-0.05, 0) is 43.7 Å². The van der Waals surface area contributed by atoms with Crippen LogP contribution in [0.25, 0.3) is 0 Å². The van der Waals surface area contributed by atoms with Gasteiger partial charge in [-0.2, -0.15) is 0 Å². The zero-order chi connectivity index (χ0) is 19.6. The number of nitrogens with zero attached hydrogens (tertiary/aromatic N) is 1. The molecule has 0 aromatic heterocycles. The van der Waals surface area contributed by atoms with Crippen LogP contribution in [0.4, 0.5) is 21.9 Å². The number of urea groups is 1. The van der Waals surface area contributed by atoms with Gasteiger partial charge in [0, 0.05) is 10.7 Å². The molecule has 1 heterocycles. The molecule has 0 bridgehead atoms. The summed E-state index contributed by atoms with van der Waals surface area (Å²) in [7, 11) is 0. The average molecular weight is 388 g/mol. The van der Waals surface area contributed by atoms with Crippen LogP contribution >= 0.6 is 11.6 Å². The Balaban J connectivity index is 1.98. The summed E-state index contributed by atoms with van der Waals surface area (Å²) in [6.45, 7) is 3.56. The third kappa shape index (κ3) is 3.73. The smallest absolute Gasteiger partial charge is 0.339 e. The molecule has 0 saturated carbocycles. The maximum absolute atomic E-state index is 13.0. The van der Waals surface area contributed by atoms with Crippen LogP contribution in [0.15, 0.2) is 42.5 Å². The fourth-order valence-electron chi connectivity index (χ4n) is 2.76. The average Bonchev–Trinajstić information content (AvgIpc) is 2.63. The van der Waals surface area contributed by atoms with E-state index in [0.717, 1.165) is 10.5 Å². The molecule has 0 fully saturated rings. The van der Waals surface area contributed by atoms with Gasteiger partial charge in [-0.1, -0.05) is 29.8 Å². The number of halogens is 1. The second-order valence-electron chi connectivity index (χ2n) is 5.93. The minimum absolute atomic E-state index is 0.0906. The highest BCUT2D eigenvalue weighted by molar-refractivity contribution is 6.31. The summed E-state index contributed by atoms with van der Waals surface area (Å²) in [6, 6.07) is 9.70. The Kier molecular flexibility index (Phi) is 5.32. The van der Waals surface area contributed by atoms with Crippen molar-refractivity contribution in [3.8, 4) is 0 Å². The van der Waals surface area contributed by atoms with Crippen molar-refractivity contribution in [2.24, 2.45) is 0 Å². The summed E-state index contributed by atoms with van der Waals surface area (Å²) in [6.07, 6.45) is 0. The molecule has 140 valence electrons. The molecule has 3 rings (SSSR count). The molecule has 0 aliphatic carbocycles. The topological polar surface area (TPSA) is 87.7 Å². The molecule has 0 radical (unpaired) electrons. The predicted molar refractivity (Wildman–Crippen MR) is 103 cm³/mol. The summed E-state index contributed by atoms with van der Waals surface area (Å²) >= 11 is 6.10. The number of esters is 1. The van der Waals surface area contributed by atoms with Gasteiger partial charge in [0.15, 0.2) is 0 Å². The van der Waals surface area contributed by atoms with Crippen molar-refractivity contribution >= 4 is 46.6 Å². The second-order valence-corrected chi connectivity index (χ2v) is 6.33. The van der Waals surface area contributed by atoms with Gasteiger partial charge in [-0.15, -0.1) is 0 Å². The Hall–Kier alpha value is -3.06. The monoisotopic (exact) mass is 387 g/mol. The summed E-state index contributed by atoms with van der Waals surface area (Å²) in [5, 5.41) is 5.81. The van der Waals surface area contributed by atoms with Crippen LogP contribution in [-0.2, 0) is 14.3 Å². The number of ether oxygens (including phenoxy) is 1. The van der Waals surface area contributed by atoms with Gasteiger partial charge in [0.1, 0.15) is 0 Å². The number of benzene rings is 2. The normalized spacial score (nSPS) is 15.6. The van der Waals surface area contributed by atoms with Crippen LogP contribution in [0.2, 0.25) is 5.02 Å². The first-order valence-electron chi connectivity index (χ1n) is 8.35. The van der Waals surface area contributed by atoms with E-state index in [9.17, 15) is 14.4 Å². The van der Waals surface area contributed by atoms with Crippen molar-refractivity contribution in [1.82, 2.24) is 0 Å². The highest BCUT2D eigenvalue weighted by Gasteiger charge is 2.42. The van der Waals surface area contributed by atoms with Crippen LogP contribution < -0.4 is 15.5 Å². The summed E-state index contributed by atoms with van der Waals surface area (Å²) < 4.78 is 4.99. The molecule has 1 atom stereocenters. The van der Waals surface area contributed by atoms with Crippen LogP contribution in [-0.4, -0.2) is 30.6 Å². The Labute approximate surface area is 161 Å². The molecule has 0 unspecified atom stereocenters. The minimum atomic E-state index is -1.43. The molecule has 2 aromatic carbocycles. The van der Waals surface area contributed by atoms with Gasteiger partial charge >= 0.3 is 12.0 Å². The van der Waals surface area contributed by atoms with E-state index in [1.165, 1.54) is 0 Å². The zero-order valence-electron chi connectivity index (χ0n) is 14.8. The van der Waals surface area contributed by atoms with E-state index in [1.807, 2.05) is 6.92 Å². The Morgan fingerprint density at radius 3 is 2.70 bits per heavy atom. The molecular formula is C19H18ClN3O4. The highest BCUT2D eigenvalue weighted by atomic mass is 35.5. The van der Waals surface area contributed by atoms with Gasteiger partial charge in [-0.25, -0.2) is 9.59 Å². The van der Waals surface area contributed by atoms with Crippen molar-refractivity contribution < 1.29 is 19.1 Å². The van der Waals surface area contributed by atoms with Crippen molar-refractivity contribution in [3.05, 3.63) is 53.1 Å². The number of hydrogen-bond donors (Lipinski definition) is 2. The largest absolute Gasteiger partial charge is 0.464 e. The van der Waals surface area contributed by atoms with Crippen LogP contribution in [0.1, 0.15) is 12.5 Å². The Bertz CT molecular complexity index is 916. The zero-order valence-corrected chi connectivity index (χ0v) is 15.5. The number of para-hydroxylation sites is 2. The third-order valence-electron chi connectivity index (χ3n) is 4.08. The van der Waals surface area contributed by atoms with Gasteiger partial charge in [0.2, 0.25) is 6.04 Å². The molecule has 1 aliphatic rings. The van der Waals surface area contributed by atoms with Crippen molar-refractivity contribution in [2.45, 2.75) is 19.9 Å². The quantitative estimate of drug-likeness (QED) is 0.622. The molecule has 3 amide bonds. The lowest BCUT2D eigenvalue weighted by Crippen LogP contribution is -2.56. The molecule has 2 N–H and O–H groups in total. The summed E-state index contributed by atoms with van der Waals surface area (Å²) in [4.78, 5) is 38.9. The fraction of sp³-hybridized carbons (Fsp3) is 0.211. The standard InChI is InChI=1S/C19H18ClN3O4/c1-3-27-18(25)16-17(24)22-14-6-4-5-7-15(14)23(16)19(26)21-12-9-8-11(2)13(20)10-12/h4-10,16H,3H2,1-2H3,(H,21,26)(H,22,24)/t16-/m0/s1. The van der Waals surface area contributed by atoms with Crippen molar-refractivity contribution in [1.29, 1.82) is 0 Å². The van der Waals surface area contributed by atoms with Gasteiger partial charge in [-0.3, -0.25) is 9.69 Å².